The lowest BCUT2D eigenvalue weighted by Gasteiger charge is -2.28. The number of carboxylic acid groups (broad SMARTS) is 1. The zero-order valence-corrected chi connectivity index (χ0v) is 17.2. The van der Waals surface area contributed by atoms with Crippen LogP contribution in [0, 0.1) is 17.8 Å². The highest BCUT2D eigenvalue weighted by atomic mass is 16.5. The Bertz CT molecular complexity index is 407. The third-order valence-corrected chi connectivity index (χ3v) is 5.91. The van der Waals surface area contributed by atoms with Gasteiger partial charge >= 0.3 is 11.9 Å². The van der Waals surface area contributed by atoms with E-state index in [0.29, 0.717) is 18.8 Å². The molecule has 0 heterocycles. The smallest absolute Gasteiger partial charge is 0.309 e. The van der Waals surface area contributed by atoms with Crippen molar-refractivity contribution in [3.63, 3.8) is 0 Å². The van der Waals surface area contributed by atoms with Crippen LogP contribution in [0.5, 0.6) is 0 Å². The second-order valence-electron chi connectivity index (χ2n) is 8.11. The number of carboxylic acids is 1. The molecule has 0 amide bonds. The summed E-state index contributed by atoms with van der Waals surface area (Å²) >= 11 is 0. The SMILES string of the molecule is CCCCCC(CC(CC)CCCC)OC(=O)C1CCCC(C(=O)O)C1. The highest BCUT2D eigenvalue weighted by molar-refractivity contribution is 5.75. The highest BCUT2D eigenvalue weighted by Gasteiger charge is 2.33. The first kappa shape index (κ1) is 23.0. The summed E-state index contributed by atoms with van der Waals surface area (Å²) < 4.78 is 5.95. The van der Waals surface area contributed by atoms with E-state index in [1.54, 1.807) is 0 Å². The molecule has 1 N–H and O–H groups in total. The van der Waals surface area contributed by atoms with Crippen molar-refractivity contribution in [3.8, 4) is 0 Å². The van der Waals surface area contributed by atoms with Gasteiger partial charge in [-0.25, -0.2) is 0 Å². The zero-order valence-electron chi connectivity index (χ0n) is 17.2. The predicted octanol–water partition coefficient (Wildman–Crippen LogP) is 5.98. The molecular weight excluding hydrogens is 328 g/mol. The highest BCUT2D eigenvalue weighted by Crippen LogP contribution is 2.31. The van der Waals surface area contributed by atoms with E-state index in [1.165, 1.54) is 25.7 Å². The Balaban J connectivity index is 2.61. The molecule has 4 heteroatoms. The summed E-state index contributed by atoms with van der Waals surface area (Å²) in [4.78, 5) is 23.9. The maximum Gasteiger partial charge on any atom is 0.309 e. The minimum Gasteiger partial charge on any atom is -0.481 e. The monoisotopic (exact) mass is 368 g/mol. The predicted molar refractivity (Wildman–Crippen MR) is 105 cm³/mol. The van der Waals surface area contributed by atoms with E-state index in [1.807, 2.05) is 0 Å². The summed E-state index contributed by atoms with van der Waals surface area (Å²) in [6, 6.07) is 0. The van der Waals surface area contributed by atoms with Crippen molar-refractivity contribution < 1.29 is 19.4 Å². The fourth-order valence-electron chi connectivity index (χ4n) is 4.09. The second-order valence-corrected chi connectivity index (χ2v) is 8.11. The molecule has 0 aliphatic heterocycles. The van der Waals surface area contributed by atoms with E-state index in [4.69, 9.17) is 4.74 Å². The molecule has 4 nitrogen and oxygen atoms in total. The molecule has 1 rings (SSSR count). The van der Waals surface area contributed by atoms with E-state index < -0.39 is 5.97 Å². The van der Waals surface area contributed by atoms with Gasteiger partial charge in [0.1, 0.15) is 6.10 Å². The number of rotatable bonds is 13. The number of ether oxygens (including phenoxy) is 1. The second kappa shape index (κ2) is 13.2. The average Bonchev–Trinajstić information content (AvgIpc) is 2.65. The molecule has 0 bridgehead atoms. The Morgan fingerprint density at radius 1 is 1.00 bits per heavy atom. The molecule has 26 heavy (non-hydrogen) atoms. The van der Waals surface area contributed by atoms with Gasteiger partial charge in [-0.2, -0.15) is 0 Å². The maximum absolute atomic E-state index is 12.7. The van der Waals surface area contributed by atoms with Crippen LogP contribution in [0.1, 0.15) is 104 Å². The van der Waals surface area contributed by atoms with Gasteiger partial charge in [0.15, 0.2) is 0 Å². The van der Waals surface area contributed by atoms with Gasteiger partial charge < -0.3 is 9.84 Å². The third-order valence-electron chi connectivity index (χ3n) is 5.91. The van der Waals surface area contributed by atoms with Gasteiger partial charge in [-0.15, -0.1) is 0 Å². The average molecular weight is 369 g/mol. The van der Waals surface area contributed by atoms with Gasteiger partial charge in [0, 0.05) is 0 Å². The van der Waals surface area contributed by atoms with E-state index >= 15 is 0 Å². The molecule has 4 atom stereocenters. The summed E-state index contributed by atoms with van der Waals surface area (Å²) in [5.74, 6) is -0.912. The lowest BCUT2D eigenvalue weighted by molar-refractivity contribution is -0.158. The lowest BCUT2D eigenvalue weighted by atomic mass is 9.81. The molecular formula is C22H40O4. The lowest BCUT2D eigenvalue weighted by Crippen LogP contribution is -2.31. The quantitative estimate of drug-likeness (QED) is 0.321. The van der Waals surface area contributed by atoms with E-state index in [9.17, 15) is 14.7 Å². The van der Waals surface area contributed by atoms with Gasteiger partial charge in [0.2, 0.25) is 0 Å². The fraction of sp³-hybridized carbons (Fsp3) is 0.909. The van der Waals surface area contributed by atoms with Crippen LogP contribution in [0.2, 0.25) is 0 Å². The number of unbranched alkanes of at least 4 members (excludes halogenated alkanes) is 3. The van der Waals surface area contributed by atoms with Crippen molar-refractivity contribution in [3.05, 3.63) is 0 Å². The van der Waals surface area contributed by atoms with E-state index in [2.05, 4.69) is 20.8 Å². The van der Waals surface area contributed by atoms with Crippen molar-refractivity contribution in [1.82, 2.24) is 0 Å². The summed E-state index contributed by atoms with van der Waals surface area (Å²) in [6.07, 6.45) is 12.8. The van der Waals surface area contributed by atoms with Gasteiger partial charge in [0.25, 0.3) is 0 Å². The van der Waals surface area contributed by atoms with Crippen LogP contribution in [0.15, 0.2) is 0 Å². The topological polar surface area (TPSA) is 63.6 Å². The molecule has 1 fully saturated rings. The number of esters is 1. The van der Waals surface area contributed by atoms with Crippen LogP contribution in [-0.2, 0) is 14.3 Å². The Kier molecular flexibility index (Phi) is 11.6. The van der Waals surface area contributed by atoms with Crippen LogP contribution >= 0.6 is 0 Å². The van der Waals surface area contributed by atoms with Gasteiger partial charge in [-0.05, 0) is 44.4 Å². The molecule has 0 saturated heterocycles. The van der Waals surface area contributed by atoms with Crippen molar-refractivity contribution in [1.29, 1.82) is 0 Å². The molecule has 1 aliphatic carbocycles. The molecule has 0 spiro atoms. The van der Waals surface area contributed by atoms with Crippen LogP contribution in [-0.4, -0.2) is 23.1 Å². The Morgan fingerprint density at radius 2 is 1.69 bits per heavy atom. The summed E-state index contributed by atoms with van der Waals surface area (Å²) in [6.45, 7) is 6.63. The standard InChI is InChI=1S/C22H40O4/c1-4-7-9-14-20(15-17(6-3)11-8-5-2)26-22(25)19-13-10-12-18(16-19)21(23)24/h17-20H,4-16H2,1-3H3,(H,23,24). The van der Waals surface area contributed by atoms with E-state index in [0.717, 1.165) is 44.9 Å². The number of hydrogen-bond acceptors (Lipinski definition) is 3. The molecule has 0 aromatic carbocycles. The molecule has 4 unspecified atom stereocenters. The molecule has 0 radical (unpaired) electrons. The van der Waals surface area contributed by atoms with Crippen LogP contribution in [0.4, 0.5) is 0 Å². The Hall–Kier alpha value is -1.06. The van der Waals surface area contributed by atoms with E-state index in [-0.39, 0.29) is 23.9 Å². The molecule has 0 aromatic rings. The Labute approximate surface area is 160 Å². The minimum atomic E-state index is -0.771. The van der Waals surface area contributed by atoms with Gasteiger partial charge in [-0.3, -0.25) is 9.59 Å². The third kappa shape index (κ3) is 8.55. The van der Waals surface area contributed by atoms with Crippen molar-refractivity contribution in [2.24, 2.45) is 17.8 Å². The summed E-state index contributed by atoms with van der Waals surface area (Å²) in [5, 5.41) is 9.24. The maximum atomic E-state index is 12.7. The Morgan fingerprint density at radius 3 is 2.31 bits per heavy atom. The fourth-order valence-corrected chi connectivity index (χ4v) is 4.09. The largest absolute Gasteiger partial charge is 0.481 e. The first-order chi connectivity index (χ1) is 12.5. The van der Waals surface area contributed by atoms with Crippen molar-refractivity contribution >= 4 is 11.9 Å². The molecule has 0 aromatic heterocycles. The van der Waals surface area contributed by atoms with Gasteiger partial charge in [-0.1, -0.05) is 65.7 Å². The number of carbonyl (C=O) groups is 2. The summed E-state index contributed by atoms with van der Waals surface area (Å²) in [5.41, 5.74) is 0. The minimum absolute atomic E-state index is 0.000982. The molecule has 1 aliphatic rings. The first-order valence-corrected chi connectivity index (χ1v) is 10.9. The molecule has 1 saturated carbocycles. The number of aliphatic carboxylic acids is 1. The van der Waals surface area contributed by atoms with Crippen molar-refractivity contribution in [2.75, 3.05) is 0 Å². The first-order valence-electron chi connectivity index (χ1n) is 10.9. The summed E-state index contributed by atoms with van der Waals surface area (Å²) in [7, 11) is 0. The van der Waals surface area contributed by atoms with Crippen LogP contribution in [0.3, 0.4) is 0 Å². The van der Waals surface area contributed by atoms with Crippen LogP contribution in [0.25, 0.3) is 0 Å². The number of carbonyl (C=O) groups excluding carboxylic acids is 1. The molecule has 152 valence electrons. The number of hydrogen-bond donors (Lipinski definition) is 1. The normalized spacial score (nSPS) is 22.6. The van der Waals surface area contributed by atoms with Crippen molar-refractivity contribution in [2.45, 2.75) is 110 Å². The zero-order chi connectivity index (χ0) is 19.4. The van der Waals surface area contributed by atoms with Gasteiger partial charge in [0.05, 0.1) is 11.8 Å². The van der Waals surface area contributed by atoms with Crippen LogP contribution < -0.4 is 0 Å².